The minimum absolute atomic E-state index is 0.0294. The maximum absolute atomic E-state index is 12.8. The van der Waals surface area contributed by atoms with Crippen LogP contribution in [0.15, 0.2) is 0 Å². The second kappa shape index (κ2) is 8.63. The number of nitrogens with zero attached hydrogens (tertiary/aromatic N) is 1. The van der Waals surface area contributed by atoms with Crippen LogP contribution in [0.1, 0.15) is 106 Å². The van der Waals surface area contributed by atoms with E-state index in [2.05, 4.69) is 34.6 Å². The lowest BCUT2D eigenvalue weighted by molar-refractivity contribution is -0.202. The predicted molar refractivity (Wildman–Crippen MR) is 155 cm³/mol. The second-order valence-corrected chi connectivity index (χ2v) is 17.4. The van der Waals surface area contributed by atoms with Crippen molar-refractivity contribution in [1.82, 2.24) is 4.90 Å². The zero-order valence-electron chi connectivity index (χ0n) is 26.5. The van der Waals surface area contributed by atoms with Gasteiger partial charge in [-0.25, -0.2) is 4.79 Å². The zero-order chi connectivity index (χ0) is 29.5. The van der Waals surface area contributed by atoms with Crippen LogP contribution in [0.5, 0.6) is 0 Å². The van der Waals surface area contributed by atoms with Crippen LogP contribution >= 0.6 is 0 Å². The average Bonchev–Trinajstić information content (AvgIpc) is 3.48. The first-order valence-corrected chi connectivity index (χ1v) is 16.7. The molecule has 232 valence electrons. The lowest BCUT2D eigenvalue weighted by atomic mass is 9.41. The molecule has 4 unspecified atom stereocenters. The highest BCUT2D eigenvalue weighted by atomic mass is 16.6. The first-order chi connectivity index (χ1) is 19.0. The minimum atomic E-state index is -1.25. The van der Waals surface area contributed by atoms with Gasteiger partial charge in [0.25, 0.3) is 0 Å². The lowest BCUT2D eigenvalue weighted by Crippen LogP contribution is -2.60. The summed E-state index contributed by atoms with van der Waals surface area (Å²) in [6.07, 6.45) is 7.14. The number of rotatable bonds is 3. The van der Waals surface area contributed by atoms with E-state index in [0.717, 1.165) is 51.6 Å². The number of ether oxygens (including phenoxy) is 2. The van der Waals surface area contributed by atoms with E-state index in [1.165, 1.54) is 12.8 Å². The van der Waals surface area contributed by atoms with E-state index >= 15 is 0 Å². The first-order valence-electron chi connectivity index (χ1n) is 16.7. The molecule has 2 aliphatic heterocycles. The molecule has 2 saturated heterocycles. The third-order valence-corrected chi connectivity index (χ3v) is 15.2. The van der Waals surface area contributed by atoms with Gasteiger partial charge in [-0.1, -0.05) is 34.6 Å². The van der Waals surface area contributed by atoms with E-state index < -0.39 is 23.9 Å². The van der Waals surface area contributed by atoms with Crippen molar-refractivity contribution in [3.05, 3.63) is 0 Å². The van der Waals surface area contributed by atoms with Gasteiger partial charge in [0.1, 0.15) is 12.2 Å². The maximum atomic E-state index is 12.8. The molecule has 7 aliphatic rings. The summed E-state index contributed by atoms with van der Waals surface area (Å²) < 4.78 is 12.8. The van der Waals surface area contributed by atoms with Crippen LogP contribution in [0, 0.1) is 50.7 Å². The van der Waals surface area contributed by atoms with Gasteiger partial charge >= 0.3 is 6.09 Å². The van der Waals surface area contributed by atoms with E-state index in [4.69, 9.17) is 9.47 Å². The molecule has 1 amide bonds. The fourth-order valence-corrected chi connectivity index (χ4v) is 12.9. The Morgan fingerprint density at radius 1 is 1.02 bits per heavy atom. The van der Waals surface area contributed by atoms with E-state index in [1.54, 1.807) is 13.8 Å². The molecule has 5 saturated carbocycles. The fraction of sp³-hybridized carbons (Fsp3) is 0.971. The van der Waals surface area contributed by atoms with E-state index in [-0.39, 0.29) is 51.3 Å². The van der Waals surface area contributed by atoms with Gasteiger partial charge in [-0.2, -0.15) is 0 Å². The van der Waals surface area contributed by atoms with Crippen LogP contribution < -0.4 is 0 Å². The number of amides is 1. The number of fused-ring (bicyclic) bond motifs is 4. The van der Waals surface area contributed by atoms with E-state index in [0.29, 0.717) is 24.2 Å². The second-order valence-electron chi connectivity index (χ2n) is 17.4. The molecule has 7 heteroatoms. The summed E-state index contributed by atoms with van der Waals surface area (Å²) in [6.45, 7) is 16.8. The Labute approximate surface area is 246 Å². The van der Waals surface area contributed by atoms with Crippen molar-refractivity contribution in [2.45, 2.75) is 142 Å². The van der Waals surface area contributed by atoms with Gasteiger partial charge in [0.05, 0.1) is 23.9 Å². The molecule has 0 bridgehead atoms. The van der Waals surface area contributed by atoms with Crippen LogP contribution in [-0.2, 0) is 9.47 Å². The molecular weight excluding hydrogens is 518 g/mol. The average molecular weight is 574 g/mol. The Morgan fingerprint density at radius 2 is 1.68 bits per heavy atom. The molecule has 5 aliphatic carbocycles. The summed E-state index contributed by atoms with van der Waals surface area (Å²) >= 11 is 0. The molecule has 7 rings (SSSR count). The first kappa shape index (κ1) is 28.9. The topological polar surface area (TPSA) is 99.5 Å². The molecule has 13 atom stereocenters. The number of aliphatic hydroxyl groups excluding tert-OH is 2. The van der Waals surface area contributed by atoms with Crippen molar-refractivity contribution in [1.29, 1.82) is 0 Å². The monoisotopic (exact) mass is 573 g/mol. The van der Waals surface area contributed by atoms with Crippen molar-refractivity contribution in [2.75, 3.05) is 13.1 Å². The highest BCUT2D eigenvalue weighted by molar-refractivity contribution is 5.68. The maximum Gasteiger partial charge on any atom is 0.410 e. The quantitative estimate of drug-likeness (QED) is 0.432. The molecule has 3 N–H and O–H groups in total. The van der Waals surface area contributed by atoms with Gasteiger partial charge < -0.3 is 29.7 Å². The summed E-state index contributed by atoms with van der Waals surface area (Å²) in [5.41, 5.74) is -1.08. The van der Waals surface area contributed by atoms with Crippen LogP contribution in [0.3, 0.4) is 0 Å². The van der Waals surface area contributed by atoms with Crippen LogP contribution in [0.4, 0.5) is 4.79 Å². The molecular formula is C34H55NO6. The minimum Gasteiger partial charge on any atom is -0.446 e. The van der Waals surface area contributed by atoms with Gasteiger partial charge in [-0.05, 0) is 112 Å². The molecule has 0 aromatic carbocycles. The lowest BCUT2D eigenvalue weighted by Gasteiger charge is -2.63. The molecule has 7 nitrogen and oxygen atoms in total. The molecule has 2 spiro atoms. The molecule has 0 aromatic rings. The molecule has 0 radical (unpaired) electrons. The van der Waals surface area contributed by atoms with Crippen LogP contribution in [-0.4, -0.2) is 75.5 Å². The van der Waals surface area contributed by atoms with E-state index in [1.807, 2.05) is 4.90 Å². The highest BCUT2D eigenvalue weighted by Gasteiger charge is 2.84. The standard InChI is InChI=1S/C34H55NO6/c1-19-17-20(26(36)30(4,5)39)40-25-24(19)31(6)13-14-34-18-33(34)12-11-23(41-28(38)35-15-8-16-35)29(2,3)21(33)9-10-22(34)32(31,7)27(25)37/h19-27,36-37,39H,8-18H2,1-7H3/t19-,20?,21+,22?,23?,24+,25?,26+,27+,31-,32-,33-,34+/m1/s1. The Balaban J connectivity index is 1.17. The van der Waals surface area contributed by atoms with Crippen molar-refractivity contribution in [2.24, 2.45) is 50.7 Å². The van der Waals surface area contributed by atoms with Gasteiger partial charge in [-0.3, -0.25) is 0 Å². The largest absolute Gasteiger partial charge is 0.446 e. The molecule has 41 heavy (non-hydrogen) atoms. The highest BCUT2D eigenvalue weighted by Crippen LogP contribution is 2.89. The number of carbonyl (C=O) groups excluding carboxylic acids is 1. The number of hydrogen-bond donors (Lipinski definition) is 3. The van der Waals surface area contributed by atoms with Crippen molar-refractivity contribution in [3.8, 4) is 0 Å². The summed E-state index contributed by atoms with van der Waals surface area (Å²) in [6, 6.07) is 0. The summed E-state index contributed by atoms with van der Waals surface area (Å²) in [5.74, 6) is 1.51. The molecule has 7 fully saturated rings. The number of aliphatic hydroxyl groups is 3. The Bertz CT molecular complexity index is 1100. The normalized spacial score (nSPS) is 54.0. The summed E-state index contributed by atoms with van der Waals surface area (Å²) in [4.78, 5) is 14.6. The molecule has 0 aromatic heterocycles. The van der Waals surface area contributed by atoms with Gasteiger partial charge in [0, 0.05) is 23.9 Å². The molecule has 2 heterocycles. The fourth-order valence-electron chi connectivity index (χ4n) is 12.9. The van der Waals surface area contributed by atoms with Gasteiger partial charge in [-0.15, -0.1) is 0 Å². The van der Waals surface area contributed by atoms with Crippen molar-refractivity contribution in [3.63, 3.8) is 0 Å². The SMILES string of the molecule is C[C@@H]1CC([C@H](O)C(C)(C)O)OC2[C@H]1[C@@]1(C)CC[C@@]34C[C@@]35CCC(OC(=O)N3CCC3)C(C)(C)[C@@H]5CCC4[C@]1(C)[C@H]2O. The van der Waals surface area contributed by atoms with Gasteiger partial charge in [0.15, 0.2) is 0 Å². The Kier molecular flexibility index (Phi) is 6.08. The number of carbonyl (C=O) groups is 1. The van der Waals surface area contributed by atoms with E-state index in [9.17, 15) is 20.1 Å². The predicted octanol–water partition coefficient (Wildman–Crippen LogP) is 5.14. The number of hydrogen-bond acceptors (Lipinski definition) is 6. The van der Waals surface area contributed by atoms with Gasteiger partial charge in [0.2, 0.25) is 0 Å². The number of likely N-dealkylation sites (tertiary alicyclic amines) is 1. The Morgan fingerprint density at radius 3 is 2.32 bits per heavy atom. The third kappa shape index (κ3) is 3.44. The smallest absolute Gasteiger partial charge is 0.410 e. The van der Waals surface area contributed by atoms with Crippen LogP contribution in [0.25, 0.3) is 0 Å². The summed E-state index contributed by atoms with van der Waals surface area (Å²) in [5, 5.41) is 33.9. The summed E-state index contributed by atoms with van der Waals surface area (Å²) in [7, 11) is 0. The zero-order valence-corrected chi connectivity index (χ0v) is 26.5. The van der Waals surface area contributed by atoms with Crippen molar-refractivity contribution < 1.29 is 29.6 Å². The van der Waals surface area contributed by atoms with Crippen LogP contribution in [0.2, 0.25) is 0 Å². The third-order valence-electron chi connectivity index (χ3n) is 15.2. The van der Waals surface area contributed by atoms with Crippen molar-refractivity contribution >= 4 is 6.09 Å². The Hall–Kier alpha value is -0.890.